The van der Waals surface area contributed by atoms with Crippen LogP contribution in [-0.4, -0.2) is 73.1 Å². The van der Waals surface area contributed by atoms with E-state index < -0.39 is 17.8 Å². The van der Waals surface area contributed by atoms with Gasteiger partial charge in [-0.2, -0.15) is 0 Å². The Morgan fingerprint density at radius 2 is 1.85 bits per heavy atom. The molecule has 0 aromatic rings. The van der Waals surface area contributed by atoms with Gasteiger partial charge in [0.1, 0.15) is 11.7 Å². The predicted octanol–water partition coefficient (Wildman–Crippen LogP) is 3.92. The molecule has 0 aromatic carbocycles. The van der Waals surface area contributed by atoms with E-state index in [1.165, 1.54) is 6.92 Å². The van der Waals surface area contributed by atoms with Gasteiger partial charge in [0.25, 0.3) is 0 Å². The normalized spacial score (nSPS) is 34.2. The van der Waals surface area contributed by atoms with E-state index in [0.29, 0.717) is 19.6 Å². The maximum atomic E-state index is 12.4. The molecule has 0 aliphatic carbocycles. The highest BCUT2D eigenvalue weighted by molar-refractivity contribution is 5.87. The third-order valence-corrected chi connectivity index (χ3v) is 7.80. The summed E-state index contributed by atoms with van der Waals surface area (Å²) in [6.07, 6.45) is 12.0. The summed E-state index contributed by atoms with van der Waals surface area (Å²) in [4.78, 5) is 36.4. The minimum atomic E-state index is -0.605. The molecule has 2 amide bonds. The zero-order valence-electron chi connectivity index (χ0n) is 24.9. The first-order valence-corrected chi connectivity index (χ1v) is 14.8. The number of epoxide rings is 1. The Kier molecular flexibility index (Phi) is 12.0. The molecule has 3 fully saturated rings. The smallest absolute Gasteiger partial charge is 0.303 e. The molecule has 2 N–H and O–H groups in total. The van der Waals surface area contributed by atoms with Crippen LogP contribution < -0.4 is 10.6 Å². The summed E-state index contributed by atoms with van der Waals surface area (Å²) in [7, 11) is 0. The van der Waals surface area contributed by atoms with Crippen LogP contribution in [0.5, 0.6) is 0 Å². The lowest BCUT2D eigenvalue weighted by Gasteiger charge is -2.39. The van der Waals surface area contributed by atoms with Crippen LogP contribution >= 0.6 is 0 Å². The fourth-order valence-corrected chi connectivity index (χ4v) is 5.47. The van der Waals surface area contributed by atoms with Gasteiger partial charge in [-0.1, -0.05) is 50.6 Å². The molecule has 1 spiro atoms. The molecule has 3 heterocycles. The van der Waals surface area contributed by atoms with E-state index in [4.69, 9.17) is 18.9 Å². The molecule has 8 atom stereocenters. The molecule has 9 heteroatoms. The standard InChI is InChI=1S/C31H48N2O7/c1-7-9-10-28(35)33-25-16-21(4)26(38-22(25)5)13-11-20(3)12-14-27-30(39-23(6)34)31(19-37-31)18-24(40-27)17-29(36)32-15-8-2/h9-12,14,21-22,24-27,30H,7-8,13,15-19H2,1-6H3,(H,32,36)(H,33,35)/b10-9-,14-12+,20-11+/t21-,22+,24+,25+,26-,27+,30+,31+/m0/s1. The van der Waals surface area contributed by atoms with Gasteiger partial charge in [-0.3, -0.25) is 14.4 Å². The van der Waals surface area contributed by atoms with Gasteiger partial charge >= 0.3 is 5.97 Å². The molecule has 0 unspecified atom stereocenters. The second kappa shape index (κ2) is 14.9. The Morgan fingerprint density at radius 3 is 2.50 bits per heavy atom. The average molecular weight is 561 g/mol. The van der Waals surface area contributed by atoms with Gasteiger partial charge in [-0.15, -0.1) is 0 Å². The quantitative estimate of drug-likeness (QED) is 0.161. The number of ether oxygens (including phenoxy) is 4. The summed E-state index contributed by atoms with van der Waals surface area (Å²) < 4.78 is 24.0. The van der Waals surface area contributed by atoms with Gasteiger partial charge in [-0.25, -0.2) is 0 Å². The Balaban J connectivity index is 1.61. The van der Waals surface area contributed by atoms with Gasteiger partial charge in [0.15, 0.2) is 6.10 Å². The largest absolute Gasteiger partial charge is 0.456 e. The molecule has 3 aliphatic rings. The number of allylic oxidation sites excluding steroid dienone is 3. The van der Waals surface area contributed by atoms with Crippen LogP contribution in [0.25, 0.3) is 0 Å². The van der Waals surface area contributed by atoms with Gasteiger partial charge in [-0.05, 0) is 51.5 Å². The Morgan fingerprint density at radius 1 is 1.10 bits per heavy atom. The summed E-state index contributed by atoms with van der Waals surface area (Å²) >= 11 is 0. The van der Waals surface area contributed by atoms with E-state index in [0.717, 1.165) is 31.3 Å². The first-order chi connectivity index (χ1) is 19.1. The molecule has 3 saturated heterocycles. The number of carbonyl (C=O) groups is 3. The summed E-state index contributed by atoms with van der Waals surface area (Å²) in [5.41, 5.74) is 0.425. The predicted molar refractivity (Wildman–Crippen MR) is 152 cm³/mol. The van der Waals surface area contributed by atoms with Crippen molar-refractivity contribution in [1.29, 1.82) is 0 Å². The van der Waals surface area contributed by atoms with Gasteiger partial charge in [0.05, 0.1) is 37.4 Å². The van der Waals surface area contributed by atoms with Crippen molar-refractivity contribution >= 4 is 17.8 Å². The third kappa shape index (κ3) is 9.28. The maximum absolute atomic E-state index is 12.4. The van der Waals surface area contributed by atoms with Gasteiger partial charge in [0, 0.05) is 19.9 Å². The monoisotopic (exact) mass is 560 g/mol. The summed E-state index contributed by atoms with van der Waals surface area (Å²) in [6.45, 7) is 12.7. The van der Waals surface area contributed by atoms with Crippen LogP contribution in [-0.2, 0) is 33.3 Å². The topological polar surface area (TPSA) is 115 Å². The van der Waals surface area contributed by atoms with Crippen LogP contribution in [0.2, 0.25) is 0 Å². The number of esters is 1. The Bertz CT molecular complexity index is 971. The zero-order valence-corrected chi connectivity index (χ0v) is 24.9. The first kappa shape index (κ1) is 32.0. The fraction of sp³-hybridized carbons (Fsp3) is 0.710. The Hall–Kier alpha value is -2.49. The molecule has 0 bridgehead atoms. The van der Waals surface area contributed by atoms with Crippen molar-refractivity contribution in [2.45, 2.75) is 122 Å². The molecule has 3 aliphatic heterocycles. The minimum Gasteiger partial charge on any atom is -0.456 e. The van der Waals surface area contributed by atoms with Crippen LogP contribution in [0.3, 0.4) is 0 Å². The maximum Gasteiger partial charge on any atom is 0.303 e. The number of hydrogen-bond acceptors (Lipinski definition) is 7. The molecular weight excluding hydrogens is 512 g/mol. The van der Waals surface area contributed by atoms with Crippen molar-refractivity contribution < 1.29 is 33.3 Å². The highest BCUT2D eigenvalue weighted by atomic mass is 16.7. The van der Waals surface area contributed by atoms with Gasteiger partial charge in [0.2, 0.25) is 11.8 Å². The molecule has 0 radical (unpaired) electrons. The highest BCUT2D eigenvalue weighted by Crippen LogP contribution is 2.45. The number of hydrogen-bond donors (Lipinski definition) is 2. The molecule has 224 valence electrons. The minimum absolute atomic E-state index is 0.0131. The van der Waals surface area contributed by atoms with Crippen molar-refractivity contribution in [1.82, 2.24) is 10.6 Å². The lowest BCUT2D eigenvalue weighted by atomic mass is 9.87. The van der Waals surface area contributed by atoms with Crippen molar-refractivity contribution in [2.75, 3.05) is 13.2 Å². The van der Waals surface area contributed by atoms with Gasteiger partial charge < -0.3 is 29.6 Å². The first-order valence-electron chi connectivity index (χ1n) is 14.8. The van der Waals surface area contributed by atoms with E-state index in [1.54, 1.807) is 6.08 Å². The SMILES string of the molecule is CC/C=C\C(=O)N[C@@H]1C[C@H](C)[C@H](C/C=C(C)/C=C/[C@H]2O[C@H](CC(=O)NCCC)C[C@@]3(CO3)[C@@H]2OC(C)=O)O[C@@H]1C. The fourth-order valence-electron chi connectivity index (χ4n) is 5.47. The van der Waals surface area contributed by atoms with E-state index in [1.807, 2.05) is 45.9 Å². The van der Waals surface area contributed by atoms with E-state index in [-0.39, 0.29) is 54.5 Å². The van der Waals surface area contributed by atoms with Crippen molar-refractivity contribution in [3.05, 3.63) is 36.0 Å². The van der Waals surface area contributed by atoms with Crippen molar-refractivity contribution in [2.24, 2.45) is 5.92 Å². The lowest BCUT2D eigenvalue weighted by Crippen LogP contribution is -2.52. The molecule has 40 heavy (non-hydrogen) atoms. The number of amides is 2. The van der Waals surface area contributed by atoms with E-state index in [2.05, 4.69) is 23.6 Å². The number of nitrogens with one attached hydrogen (secondary N) is 2. The molecule has 3 rings (SSSR count). The van der Waals surface area contributed by atoms with Crippen molar-refractivity contribution in [3.63, 3.8) is 0 Å². The number of rotatable bonds is 12. The molecule has 0 aromatic heterocycles. The summed E-state index contributed by atoms with van der Waals surface area (Å²) in [6, 6.07) is -0.0131. The molecule has 9 nitrogen and oxygen atoms in total. The van der Waals surface area contributed by atoms with Crippen LogP contribution in [0.15, 0.2) is 36.0 Å². The van der Waals surface area contributed by atoms with Crippen LogP contribution in [0.1, 0.15) is 80.1 Å². The van der Waals surface area contributed by atoms with E-state index in [9.17, 15) is 14.4 Å². The molecule has 0 saturated carbocycles. The highest BCUT2D eigenvalue weighted by Gasteiger charge is 2.60. The number of carbonyl (C=O) groups excluding carboxylic acids is 3. The average Bonchev–Trinajstić information content (AvgIpc) is 3.67. The van der Waals surface area contributed by atoms with Crippen LogP contribution in [0.4, 0.5) is 0 Å². The van der Waals surface area contributed by atoms with E-state index >= 15 is 0 Å². The second-order valence-electron chi connectivity index (χ2n) is 11.4. The lowest BCUT2D eigenvalue weighted by molar-refractivity contribution is -0.179. The summed E-state index contributed by atoms with van der Waals surface area (Å²) in [5.74, 6) is -0.233. The molecular formula is C31H48N2O7. The van der Waals surface area contributed by atoms with Crippen molar-refractivity contribution in [3.8, 4) is 0 Å². The second-order valence-corrected chi connectivity index (χ2v) is 11.4. The Labute approximate surface area is 239 Å². The zero-order chi connectivity index (χ0) is 29.3. The van der Waals surface area contributed by atoms with Crippen LogP contribution in [0, 0.1) is 5.92 Å². The third-order valence-electron chi connectivity index (χ3n) is 7.80. The summed E-state index contributed by atoms with van der Waals surface area (Å²) in [5, 5.41) is 5.97.